The molecule has 0 aromatic carbocycles. The minimum absolute atomic E-state index is 0.113. The van der Waals surface area contributed by atoms with E-state index in [1.165, 1.54) is 0 Å². The molecule has 0 aromatic heterocycles. The van der Waals surface area contributed by atoms with Crippen LogP contribution >= 0.6 is 0 Å². The van der Waals surface area contributed by atoms with Crippen LogP contribution in [0.5, 0.6) is 0 Å². The van der Waals surface area contributed by atoms with Gasteiger partial charge in [0, 0.05) is 13.1 Å². The van der Waals surface area contributed by atoms with Crippen LogP contribution in [0.2, 0.25) is 0 Å². The minimum Gasteiger partial charge on any atom is -0.355 e. The molecule has 0 atom stereocenters. The summed E-state index contributed by atoms with van der Waals surface area (Å²) in [6, 6.07) is 0. The summed E-state index contributed by atoms with van der Waals surface area (Å²) in [5, 5.41) is 10.2. The monoisotopic (exact) mass is 237 g/mol. The molecule has 0 aliphatic carbocycles. The third-order valence-electron chi connectivity index (χ3n) is 1.56. The SMILES string of the molecule is CC(C)CNC(=O)CNCCS(N)(=O)=O. The van der Waals surface area contributed by atoms with Gasteiger partial charge in [-0.15, -0.1) is 0 Å². The molecule has 0 unspecified atom stereocenters. The van der Waals surface area contributed by atoms with Gasteiger partial charge in [0.15, 0.2) is 0 Å². The van der Waals surface area contributed by atoms with Gasteiger partial charge in [-0.3, -0.25) is 4.79 Å². The molecule has 7 heteroatoms. The van der Waals surface area contributed by atoms with Gasteiger partial charge in [-0.1, -0.05) is 13.8 Å². The number of rotatable bonds is 7. The zero-order chi connectivity index (χ0) is 11.9. The maximum atomic E-state index is 11.1. The van der Waals surface area contributed by atoms with Crippen molar-refractivity contribution in [2.75, 3.05) is 25.4 Å². The molecular formula is C8H19N3O3S. The fourth-order valence-corrected chi connectivity index (χ4v) is 1.23. The van der Waals surface area contributed by atoms with Gasteiger partial charge in [0.05, 0.1) is 12.3 Å². The second kappa shape index (κ2) is 6.76. The lowest BCUT2D eigenvalue weighted by Crippen LogP contribution is -2.37. The second-order valence-corrected chi connectivity index (χ2v) is 5.48. The van der Waals surface area contributed by atoms with Crippen molar-refractivity contribution < 1.29 is 13.2 Å². The van der Waals surface area contributed by atoms with Gasteiger partial charge < -0.3 is 10.6 Å². The smallest absolute Gasteiger partial charge is 0.233 e. The number of nitrogens with one attached hydrogen (secondary N) is 2. The average molecular weight is 237 g/mol. The molecule has 0 aliphatic heterocycles. The van der Waals surface area contributed by atoms with E-state index in [4.69, 9.17) is 5.14 Å². The normalized spacial score (nSPS) is 11.7. The van der Waals surface area contributed by atoms with E-state index in [2.05, 4.69) is 10.6 Å². The van der Waals surface area contributed by atoms with Crippen molar-refractivity contribution in [2.45, 2.75) is 13.8 Å². The fraction of sp³-hybridized carbons (Fsp3) is 0.875. The van der Waals surface area contributed by atoms with Crippen molar-refractivity contribution in [1.29, 1.82) is 0 Å². The first-order chi connectivity index (χ1) is 6.81. The predicted molar refractivity (Wildman–Crippen MR) is 58.7 cm³/mol. The molecule has 0 rings (SSSR count). The largest absolute Gasteiger partial charge is 0.355 e. The van der Waals surface area contributed by atoms with Crippen LogP contribution in [0.25, 0.3) is 0 Å². The Kier molecular flexibility index (Phi) is 6.46. The number of carbonyl (C=O) groups is 1. The summed E-state index contributed by atoms with van der Waals surface area (Å²) >= 11 is 0. The van der Waals surface area contributed by atoms with E-state index in [0.717, 1.165) is 0 Å². The highest BCUT2D eigenvalue weighted by Crippen LogP contribution is 1.86. The Hall–Kier alpha value is -0.660. The summed E-state index contributed by atoms with van der Waals surface area (Å²) < 4.78 is 21.1. The zero-order valence-electron chi connectivity index (χ0n) is 9.12. The molecule has 6 nitrogen and oxygen atoms in total. The summed E-state index contributed by atoms with van der Waals surface area (Å²) in [6.07, 6.45) is 0. The van der Waals surface area contributed by atoms with Crippen LogP contribution in [-0.2, 0) is 14.8 Å². The van der Waals surface area contributed by atoms with Gasteiger partial charge in [0.25, 0.3) is 0 Å². The molecule has 90 valence electrons. The van der Waals surface area contributed by atoms with Crippen molar-refractivity contribution >= 4 is 15.9 Å². The molecule has 15 heavy (non-hydrogen) atoms. The van der Waals surface area contributed by atoms with Gasteiger partial charge in [-0.2, -0.15) is 0 Å². The molecule has 0 radical (unpaired) electrons. The maximum absolute atomic E-state index is 11.1. The molecule has 0 aromatic rings. The number of hydrogen-bond acceptors (Lipinski definition) is 4. The first-order valence-electron chi connectivity index (χ1n) is 4.79. The van der Waals surface area contributed by atoms with E-state index in [9.17, 15) is 13.2 Å². The lowest BCUT2D eigenvalue weighted by molar-refractivity contribution is -0.120. The molecule has 0 saturated carbocycles. The average Bonchev–Trinajstić information content (AvgIpc) is 2.07. The lowest BCUT2D eigenvalue weighted by atomic mass is 10.2. The first-order valence-corrected chi connectivity index (χ1v) is 6.50. The Balaban J connectivity index is 3.48. The topological polar surface area (TPSA) is 101 Å². The minimum atomic E-state index is -3.44. The molecule has 0 aliphatic rings. The predicted octanol–water partition coefficient (Wildman–Crippen LogP) is -1.36. The zero-order valence-corrected chi connectivity index (χ0v) is 9.93. The van der Waals surface area contributed by atoms with Crippen molar-refractivity contribution in [3.8, 4) is 0 Å². The number of sulfonamides is 1. The highest BCUT2D eigenvalue weighted by atomic mass is 32.2. The van der Waals surface area contributed by atoms with Crippen LogP contribution < -0.4 is 15.8 Å². The van der Waals surface area contributed by atoms with E-state index in [1.54, 1.807) is 0 Å². The Morgan fingerprint density at radius 2 is 2.00 bits per heavy atom. The van der Waals surface area contributed by atoms with E-state index in [-0.39, 0.29) is 24.7 Å². The van der Waals surface area contributed by atoms with Crippen molar-refractivity contribution in [1.82, 2.24) is 10.6 Å². The van der Waals surface area contributed by atoms with Crippen LogP contribution in [0.3, 0.4) is 0 Å². The first kappa shape index (κ1) is 14.3. The van der Waals surface area contributed by atoms with E-state index >= 15 is 0 Å². The van der Waals surface area contributed by atoms with Crippen molar-refractivity contribution in [3.63, 3.8) is 0 Å². The summed E-state index contributed by atoms with van der Waals surface area (Å²) in [7, 11) is -3.44. The van der Waals surface area contributed by atoms with E-state index in [1.807, 2.05) is 13.8 Å². The third kappa shape index (κ3) is 11.3. The molecule has 0 bridgehead atoms. The van der Waals surface area contributed by atoms with Gasteiger partial charge in [0.1, 0.15) is 0 Å². The molecule has 0 fully saturated rings. The van der Waals surface area contributed by atoms with Crippen LogP contribution in [0.15, 0.2) is 0 Å². The number of nitrogens with two attached hydrogens (primary N) is 1. The van der Waals surface area contributed by atoms with Crippen LogP contribution in [0.4, 0.5) is 0 Å². The summed E-state index contributed by atoms with van der Waals surface area (Å²) in [5.74, 6) is 0.0984. The van der Waals surface area contributed by atoms with E-state index < -0.39 is 10.0 Å². The fourth-order valence-electron chi connectivity index (χ4n) is 0.797. The quantitative estimate of drug-likeness (QED) is 0.476. The second-order valence-electron chi connectivity index (χ2n) is 3.74. The summed E-state index contributed by atoms with van der Waals surface area (Å²) in [5.41, 5.74) is 0. The van der Waals surface area contributed by atoms with Crippen molar-refractivity contribution in [3.05, 3.63) is 0 Å². The van der Waals surface area contributed by atoms with Crippen LogP contribution in [0, 0.1) is 5.92 Å². The Morgan fingerprint density at radius 3 is 2.47 bits per heavy atom. The molecule has 1 amide bonds. The number of primary sulfonamides is 1. The van der Waals surface area contributed by atoms with Crippen LogP contribution in [-0.4, -0.2) is 39.7 Å². The summed E-state index contributed by atoms with van der Waals surface area (Å²) in [6.45, 7) is 4.91. The number of hydrogen-bond donors (Lipinski definition) is 3. The van der Waals surface area contributed by atoms with Crippen molar-refractivity contribution in [2.24, 2.45) is 11.1 Å². The highest BCUT2D eigenvalue weighted by Gasteiger charge is 2.04. The molecule has 0 spiro atoms. The Bertz CT molecular complexity index is 288. The molecule has 4 N–H and O–H groups in total. The van der Waals surface area contributed by atoms with Crippen LogP contribution in [0.1, 0.15) is 13.8 Å². The Labute approximate surface area is 90.7 Å². The summed E-state index contributed by atoms with van der Waals surface area (Å²) in [4.78, 5) is 11.1. The number of amides is 1. The van der Waals surface area contributed by atoms with E-state index in [0.29, 0.717) is 12.5 Å². The van der Waals surface area contributed by atoms with Gasteiger partial charge in [-0.05, 0) is 5.92 Å². The lowest BCUT2D eigenvalue weighted by Gasteiger charge is -2.08. The van der Waals surface area contributed by atoms with Gasteiger partial charge >= 0.3 is 0 Å². The standard InChI is InChI=1S/C8H19N3O3S/c1-7(2)5-11-8(12)6-10-3-4-15(9,13)14/h7,10H,3-6H2,1-2H3,(H,11,12)(H2,9,13,14). The van der Waals surface area contributed by atoms with Gasteiger partial charge in [-0.25, -0.2) is 13.6 Å². The number of carbonyl (C=O) groups excluding carboxylic acids is 1. The molecular weight excluding hydrogens is 218 g/mol. The third-order valence-corrected chi connectivity index (χ3v) is 2.33. The maximum Gasteiger partial charge on any atom is 0.233 e. The molecule has 0 saturated heterocycles. The van der Waals surface area contributed by atoms with Gasteiger partial charge in [0.2, 0.25) is 15.9 Å². The highest BCUT2D eigenvalue weighted by molar-refractivity contribution is 7.89. The molecule has 0 heterocycles. The Morgan fingerprint density at radius 1 is 1.40 bits per heavy atom.